The van der Waals surface area contributed by atoms with Crippen molar-refractivity contribution < 1.29 is 26.7 Å². The van der Waals surface area contributed by atoms with E-state index in [1.54, 1.807) is 18.1 Å². The zero-order chi connectivity index (χ0) is 22.6. The third-order valence-corrected chi connectivity index (χ3v) is 5.73. The summed E-state index contributed by atoms with van der Waals surface area (Å²) >= 11 is 0. The molecule has 0 fully saturated rings. The lowest BCUT2D eigenvalue weighted by molar-refractivity contribution is 0.0526. The molecular weight excluding hydrogens is 404 g/mol. The molecule has 0 atom stereocenters. The Morgan fingerprint density at radius 1 is 0.933 bits per heavy atom. The Hall–Kier alpha value is -2.38. The molecule has 2 aromatic carbocycles. The maximum Gasteiger partial charge on any atom is 0.446 e. The van der Waals surface area contributed by atoms with Crippen LogP contribution in [0.15, 0.2) is 48.5 Å². The number of rotatable bonds is 4. The molecule has 6 nitrogen and oxygen atoms in total. The number of carbonyl (C=O) groups excluding carboxylic acids is 1. The molecule has 0 saturated carbocycles. The first-order valence-electron chi connectivity index (χ1n) is 9.90. The number of fused-ring (bicyclic) bond motifs is 1. The van der Waals surface area contributed by atoms with E-state index in [0.29, 0.717) is 10.8 Å². The summed E-state index contributed by atoms with van der Waals surface area (Å²) in [7, 11) is -4.54. The van der Waals surface area contributed by atoms with E-state index in [9.17, 15) is 13.2 Å². The van der Waals surface area contributed by atoms with Crippen molar-refractivity contribution in [2.75, 3.05) is 6.61 Å². The highest BCUT2D eigenvalue weighted by Gasteiger charge is 2.36. The van der Waals surface area contributed by atoms with Gasteiger partial charge in [-0.1, -0.05) is 52.0 Å². The van der Waals surface area contributed by atoms with Crippen molar-refractivity contribution in [1.29, 1.82) is 0 Å². The monoisotopic (exact) mass is 434 g/mol. The van der Waals surface area contributed by atoms with Crippen LogP contribution in [0.3, 0.4) is 0 Å². The van der Waals surface area contributed by atoms with E-state index in [-0.39, 0.29) is 17.9 Å². The van der Waals surface area contributed by atoms with Gasteiger partial charge in [0.15, 0.2) is 0 Å². The standard InChI is InChI=1S/C14H20.C9H10O6S/c1-13(2)9-10-14(3,4)12-8-6-5-7-11(12)13;1-2-14-9(10)7-3-5-8(6-4-7)15-16(11,12)13/h5-8H,9-10H2,1-4H3;3-6H,2H2,1H3,(H,11,12,13). The molecule has 0 heterocycles. The van der Waals surface area contributed by atoms with Crippen molar-refractivity contribution in [1.82, 2.24) is 0 Å². The molecule has 1 aliphatic carbocycles. The third-order valence-electron chi connectivity index (χ3n) is 5.33. The number of carbonyl (C=O) groups is 1. The van der Waals surface area contributed by atoms with Gasteiger partial charge >= 0.3 is 16.4 Å². The highest BCUT2D eigenvalue weighted by molar-refractivity contribution is 7.81. The van der Waals surface area contributed by atoms with E-state index in [1.807, 2.05) is 0 Å². The Kier molecular flexibility index (Phi) is 7.31. The number of ether oxygens (including phenoxy) is 1. The number of hydrogen-bond donors (Lipinski definition) is 1. The summed E-state index contributed by atoms with van der Waals surface area (Å²) < 4.78 is 38.0. The average Bonchev–Trinajstić information content (AvgIpc) is 2.66. The van der Waals surface area contributed by atoms with Gasteiger partial charge in [0.05, 0.1) is 12.2 Å². The van der Waals surface area contributed by atoms with Gasteiger partial charge in [0, 0.05) is 0 Å². The van der Waals surface area contributed by atoms with Gasteiger partial charge in [-0.3, -0.25) is 4.55 Å². The summed E-state index contributed by atoms with van der Waals surface area (Å²) in [5.74, 6) is -0.601. The predicted molar refractivity (Wildman–Crippen MR) is 116 cm³/mol. The van der Waals surface area contributed by atoms with Gasteiger partial charge in [-0.2, -0.15) is 8.42 Å². The van der Waals surface area contributed by atoms with Crippen LogP contribution < -0.4 is 4.18 Å². The predicted octanol–water partition coefficient (Wildman–Crippen LogP) is 5.08. The van der Waals surface area contributed by atoms with E-state index < -0.39 is 16.4 Å². The molecule has 3 rings (SSSR count). The topological polar surface area (TPSA) is 89.9 Å². The van der Waals surface area contributed by atoms with Crippen molar-refractivity contribution in [3.63, 3.8) is 0 Å². The molecule has 0 unspecified atom stereocenters. The quantitative estimate of drug-likeness (QED) is 0.533. The minimum Gasteiger partial charge on any atom is -0.462 e. The van der Waals surface area contributed by atoms with Gasteiger partial charge in [-0.25, -0.2) is 4.79 Å². The van der Waals surface area contributed by atoms with Crippen LogP contribution in [0.5, 0.6) is 5.75 Å². The second kappa shape index (κ2) is 9.18. The van der Waals surface area contributed by atoms with E-state index in [4.69, 9.17) is 9.29 Å². The fourth-order valence-corrected chi connectivity index (χ4v) is 3.89. The van der Waals surface area contributed by atoms with Crippen molar-refractivity contribution in [3.8, 4) is 5.75 Å². The van der Waals surface area contributed by atoms with Gasteiger partial charge in [-0.15, -0.1) is 0 Å². The van der Waals surface area contributed by atoms with Crippen molar-refractivity contribution in [3.05, 3.63) is 65.2 Å². The lowest BCUT2D eigenvalue weighted by Crippen LogP contribution is -2.33. The van der Waals surface area contributed by atoms with Gasteiger partial charge in [0.2, 0.25) is 0 Å². The van der Waals surface area contributed by atoms with Crippen LogP contribution >= 0.6 is 0 Å². The molecule has 0 aliphatic heterocycles. The average molecular weight is 435 g/mol. The first kappa shape index (κ1) is 23.9. The zero-order valence-electron chi connectivity index (χ0n) is 18.1. The summed E-state index contributed by atoms with van der Waals surface area (Å²) in [4.78, 5) is 11.2. The fourth-order valence-electron chi connectivity index (χ4n) is 3.54. The molecular formula is C23H30O6S. The lowest BCUT2D eigenvalue weighted by atomic mass is 9.63. The van der Waals surface area contributed by atoms with Crippen molar-refractivity contribution >= 4 is 16.4 Å². The number of esters is 1. The summed E-state index contributed by atoms with van der Waals surface area (Å²) in [6, 6.07) is 14.1. The summed E-state index contributed by atoms with van der Waals surface area (Å²) in [6.45, 7) is 11.4. The van der Waals surface area contributed by atoms with E-state index >= 15 is 0 Å². The first-order valence-corrected chi connectivity index (χ1v) is 11.3. The Bertz CT molecular complexity index is 940. The molecule has 1 N–H and O–H groups in total. The molecule has 0 bridgehead atoms. The van der Waals surface area contributed by atoms with Gasteiger partial charge in [0.25, 0.3) is 0 Å². The van der Waals surface area contributed by atoms with Gasteiger partial charge in [0.1, 0.15) is 5.75 Å². The number of hydrogen-bond acceptors (Lipinski definition) is 5. The highest BCUT2D eigenvalue weighted by atomic mass is 32.3. The Morgan fingerprint density at radius 3 is 1.80 bits per heavy atom. The molecule has 2 aromatic rings. The summed E-state index contributed by atoms with van der Waals surface area (Å²) in [6.07, 6.45) is 2.61. The molecule has 164 valence electrons. The molecule has 0 amide bonds. The first-order chi connectivity index (χ1) is 13.9. The minimum atomic E-state index is -4.54. The zero-order valence-corrected chi connectivity index (χ0v) is 19.0. The fraction of sp³-hybridized carbons (Fsp3) is 0.435. The second-order valence-corrected chi connectivity index (χ2v) is 9.59. The molecule has 1 aliphatic rings. The summed E-state index contributed by atoms with van der Waals surface area (Å²) in [5, 5.41) is 0. The largest absolute Gasteiger partial charge is 0.462 e. The molecule has 0 aromatic heterocycles. The van der Waals surface area contributed by atoms with Crippen molar-refractivity contribution in [2.45, 2.75) is 58.3 Å². The molecule has 7 heteroatoms. The Labute approximate surface area is 179 Å². The maximum atomic E-state index is 11.2. The Balaban J connectivity index is 0.000000215. The van der Waals surface area contributed by atoms with E-state index in [1.165, 1.54) is 37.1 Å². The SMILES string of the molecule is CC1(C)CCC(C)(C)c2ccccc21.CCOC(=O)c1ccc(OS(=O)(=O)O)cc1. The normalized spacial score (nSPS) is 16.5. The smallest absolute Gasteiger partial charge is 0.446 e. The second-order valence-electron chi connectivity index (χ2n) is 8.57. The number of benzene rings is 2. The van der Waals surface area contributed by atoms with Crippen LogP contribution in [-0.2, 0) is 26.0 Å². The molecule has 0 saturated heterocycles. The van der Waals surface area contributed by atoms with Crippen LogP contribution in [0.1, 0.15) is 68.9 Å². The van der Waals surface area contributed by atoms with Crippen LogP contribution in [0, 0.1) is 0 Å². The lowest BCUT2D eigenvalue weighted by Gasteiger charge is -2.41. The van der Waals surface area contributed by atoms with Crippen LogP contribution in [0.2, 0.25) is 0 Å². The molecule has 0 radical (unpaired) electrons. The molecule has 30 heavy (non-hydrogen) atoms. The van der Waals surface area contributed by atoms with E-state index in [2.05, 4.69) is 56.1 Å². The van der Waals surface area contributed by atoms with E-state index in [0.717, 1.165) is 0 Å². The summed E-state index contributed by atoms with van der Waals surface area (Å²) in [5.41, 5.74) is 4.11. The van der Waals surface area contributed by atoms with Gasteiger partial charge in [-0.05, 0) is 66.0 Å². The van der Waals surface area contributed by atoms with Crippen LogP contribution in [-0.4, -0.2) is 25.5 Å². The van der Waals surface area contributed by atoms with Gasteiger partial charge < -0.3 is 8.92 Å². The Morgan fingerprint density at radius 2 is 1.40 bits per heavy atom. The third kappa shape index (κ3) is 6.31. The maximum absolute atomic E-state index is 11.2. The molecule has 0 spiro atoms. The van der Waals surface area contributed by atoms with Crippen LogP contribution in [0.4, 0.5) is 0 Å². The van der Waals surface area contributed by atoms with Crippen LogP contribution in [0.25, 0.3) is 0 Å². The highest BCUT2D eigenvalue weighted by Crippen LogP contribution is 2.45. The minimum absolute atomic E-state index is 0.0875. The van der Waals surface area contributed by atoms with Crippen molar-refractivity contribution in [2.24, 2.45) is 0 Å².